The largest absolute Gasteiger partial charge is 0.423 e. The number of hydrogen-bond donors (Lipinski definition) is 0. The molecule has 0 saturated heterocycles. The van der Waals surface area contributed by atoms with Crippen molar-refractivity contribution in [2.24, 2.45) is 11.3 Å². The Morgan fingerprint density at radius 1 is 0.702 bits per heavy atom. The van der Waals surface area contributed by atoms with Crippen molar-refractivity contribution < 1.29 is 9.21 Å². The van der Waals surface area contributed by atoms with Crippen LogP contribution < -0.4 is 16.0 Å². The third-order valence-electron chi connectivity index (χ3n) is 11.8. The molecule has 9 rings (SSSR count). The normalized spacial score (nSPS) is 22.3. The van der Waals surface area contributed by atoms with Gasteiger partial charge in [-0.3, -0.25) is 4.79 Å². The Labute approximate surface area is 277 Å². The second-order valence-corrected chi connectivity index (χ2v) is 19.9. The molecule has 1 heterocycles. The molecular formula is C43H40O3Si. The fraction of sp³-hybridized carbons (Fsp3) is 0.256. The molecular weight excluding hydrogens is 593 g/mol. The molecule has 3 aliphatic carbocycles. The second kappa shape index (κ2) is 10.7. The summed E-state index contributed by atoms with van der Waals surface area (Å²) in [6, 6.07) is 47.5. The van der Waals surface area contributed by atoms with Gasteiger partial charge >= 0.3 is 5.63 Å². The zero-order chi connectivity index (χ0) is 32.4. The predicted molar refractivity (Wildman–Crippen MR) is 195 cm³/mol. The molecule has 2 bridgehead atoms. The lowest BCUT2D eigenvalue weighted by Crippen LogP contribution is -2.68. The Morgan fingerprint density at radius 3 is 1.98 bits per heavy atom. The number of carbonyl (C=O) groups excluding carboxylic acids is 1. The first kappa shape index (κ1) is 29.8. The zero-order valence-corrected chi connectivity index (χ0v) is 28.3. The molecule has 0 N–H and O–H groups in total. The standard InChI is InChI=1S/C43H40O3Si/c1-41(2,3)47(36-14-6-4-7-15-36,37-16-8-5-9-17-37)29-43(35-21-22-38-33(25-35)20-23-39(44)46-38)28-30-26-42(43,27-30)40(45)34-19-18-31-12-10-11-13-32(31)24-34/h4-25,30H,26-29H2,1-3H3/t30?,42?,43-/m0/s1. The first-order valence-corrected chi connectivity index (χ1v) is 19.1. The highest BCUT2D eigenvalue weighted by atomic mass is 28.3. The van der Waals surface area contributed by atoms with Gasteiger partial charge in [0.2, 0.25) is 0 Å². The SMILES string of the molecule is CC(C)(C)[Si](C[C@]1(c2ccc3oc(=O)ccc3c2)CC2CC1(C(=O)c1ccc3ccccc3c1)C2)(c1ccccc1)c1ccccc1. The highest BCUT2D eigenvalue weighted by Crippen LogP contribution is 2.73. The summed E-state index contributed by atoms with van der Waals surface area (Å²) < 4.78 is 5.61. The first-order valence-electron chi connectivity index (χ1n) is 16.8. The van der Waals surface area contributed by atoms with E-state index in [0.717, 1.165) is 47.0 Å². The average Bonchev–Trinajstić information content (AvgIpc) is 3.58. The Morgan fingerprint density at radius 2 is 1.32 bits per heavy atom. The molecule has 5 aromatic carbocycles. The van der Waals surface area contributed by atoms with Crippen LogP contribution in [0.3, 0.4) is 0 Å². The van der Waals surface area contributed by atoms with Crippen molar-refractivity contribution in [2.75, 3.05) is 0 Å². The van der Waals surface area contributed by atoms with E-state index in [9.17, 15) is 4.79 Å². The maximum Gasteiger partial charge on any atom is 0.336 e. The van der Waals surface area contributed by atoms with Crippen LogP contribution in [0, 0.1) is 11.3 Å². The van der Waals surface area contributed by atoms with E-state index in [1.54, 1.807) is 0 Å². The van der Waals surface area contributed by atoms with Gasteiger partial charge in [0.15, 0.2) is 5.78 Å². The molecule has 1 atom stereocenters. The Kier molecular flexibility index (Phi) is 6.82. The van der Waals surface area contributed by atoms with Gasteiger partial charge in [-0.05, 0) is 76.9 Å². The quantitative estimate of drug-likeness (QED) is 0.100. The topological polar surface area (TPSA) is 47.3 Å². The summed E-state index contributed by atoms with van der Waals surface area (Å²) in [6.07, 6.45) is 2.77. The lowest BCUT2D eigenvalue weighted by Gasteiger charge is -2.54. The minimum absolute atomic E-state index is 0.0630. The molecule has 0 unspecified atom stereocenters. The van der Waals surface area contributed by atoms with Crippen LogP contribution in [0.15, 0.2) is 143 Å². The first-order chi connectivity index (χ1) is 22.7. The van der Waals surface area contributed by atoms with E-state index in [-0.39, 0.29) is 16.4 Å². The molecule has 234 valence electrons. The molecule has 3 aliphatic rings. The van der Waals surface area contributed by atoms with Crippen LogP contribution in [0.4, 0.5) is 0 Å². The molecule has 1 aromatic heterocycles. The van der Waals surface area contributed by atoms with Crippen LogP contribution in [0.2, 0.25) is 11.1 Å². The number of ketones is 1. The lowest BCUT2D eigenvalue weighted by atomic mass is 9.55. The van der Waals surface area contributed by atoms with Gasteiger partial charge < -0.3 is 4.42 Å². The summed E-state index contributed by atoms with van der Waals surface area (Å²) in [4.78, 5) is 27.5. The van der Waals surface area contributed by atoms with E-state index >= 15 is 4.79 Å². The molecule has 6 aromatic rings. The van der Waals surface area contributed by atoms with Crippen molar-refractivity contribution in [2.45, 2.75) is 56.5 Å². The van der Waals surface area contributed by atoms with E-state index < -0.39 is 18.9 Å². The molecule has 3 fully saturated rings. The molecule has 0 amide bonds. The van der Waals surface area contributed by atoms with Crippen molar-refractivity contribution in [3.8, 4) is 0 Å². The van der Waals surface area contributed by atoms with Gasteiger partial charge in [-0.15, -0.1) is 0 Å². The Balaban J connectivity index is 1.40. The molecule has 0 spiro atoms. The lowest BCUT2D eigenvalue weighted by molar-refractivity contribution is 0.0502. The van der Waals surface area contributed by atoms with Gasteiger partial charge in [0.1, 0.15) is 13.7 Å². The summed E-state index contributed by atoms with van der Waals surface area (Å²) in [7, 11) is -2.62. The van der Waals surface area contributed by atoms with E-state index in [0.29, 0.717) is 11.5 Å². The predicted octanol–water partition coefficient (Wildman–Crippen LogP) is 8.93. The average molecular weight is 633 g/mol. The van der Waals surface area contributed by atoms with E-state index in [1.807, 2.05) is 30.3 Å². The minimum Gasteiger partial charge on any atom is -0.423 e. The van der Waals surface area contributed by atoms with Crippen LogP contribution in [0.25, 0.3) is 21.7 Å². The molecule has 0 radical (unpaired) electrons. The summed E-state index contributed by atoms with van der Waals surface area (Å²) in [5.74, 6) is 0.761. The number of fused-ring (bicyclic) bond motifs is 3. The maximum atomic E-state index is 15.3. The molecule has 4 heteroatoms. The van der Waals surface area contributed by atoms with Crippen molar-refractivity contribution in [3.63, 3.8) is 0 Å². The van der Waals surface area contributed by atoms with E-state index in [1.165, 1.54) is 22.0 Å². The molecule has 3 nitrogen and oxygen atoms in total. The van der Waals surface area contributed by atoms with Crippen LogP contribution in [0.1, 0.15) is 56.0 Å². The Hall–Kier alpha value is -4.54. The third kappa shape index (κ3) is 4.45. The highest BCUT2D eigenvalue weighted by Gasteiger charge is 2.72. The summed E-state index contributed by atoms with van der Waals surface area (Å²) in [5, 5.41) is 5.90. The number of hydrogen-bond acceptors (Lipinski definition) is 3. The van der Waals surface area contributed by atoms with Gasteiger partial charge in [0.05, 0.1) is 0 Å². The molecule has 47 heavy (non-hydrogen) atoms. The van der Waals surface area contributed by atoms with Gasteiger partial charge in [0, 0.05) is 27.8 Å². The smallest absolute Gasteiger partial charge is 0.336 e. The van der Waals surface area contributed by atoms with Crippen LogP contribution in [-0.2, 0) is 5.41 Å². The fourth-order valence-corrected chi connectivity index (χ4v) is 15.8. The van der Waals surface area contributed by atoms with Crippen molar-refractivity contribution in [1.82, 2.24) is 0 Å². The third-order valence-corrected chi connectivity index (χ3v) is 18.2. The van der Waals surface area contributed by atoms with Crippen LogP contribution >= 0.6 is 0 Å². The number of rotatable bonds is 7. The van der Waals surface area contributed by atoms with Crippen molar-refractivity contribution >= 4 is 46.0 Å². The van der Waals surface area contributed by atoms with Gasteiger partial charge in [0.25, 0.3) is 0 Å². The van der Waals surface area contributed by atoms with Crippen molar-refractivity contribution in [1.29, 1.82) is 0 Å². The zero-order valence-electron chi connectivity index (χ0n) is 27.3. The fourth-order valence-electron chi connectivity index (χ4n) is 9.67. The van der Waals surface area contributed by atoms with Crippen LogP contribution in [0.5, 0.6) is 0 Å². The Bertz CT molecular complexity index is 2150. The van der Waals surface area contributed by atoms with Crippen molar-refractivity contribution in [3.05, 3.63) is 155 Å². The summed E-state index contributed by atoms with van der Waals surface area (Å²) >= 11 is 0. The van der Waals surface area contributed by atoms with E-state index in [4.69, 9.17) is 4.42 Å². The van der Waals surface area contributed by atoms with Gasteiger partial charge in [-0.1, -0.05) is 134 Å². The number of Topliss-reactive ketones (excluding diaryl/α,β-unsaturated/α-hetero) is 1. The molecule has 0 aliphatic heterocycles. The second-order valence-electron chi connectivity index (χ2n) is 15.1. The maximum absolute atomic E-state index is 15.3. The van der Waals surface area contributed by atoms with Gasteiger partial charge in [-0.25, -0.2) is 4.79 Å². The minimum atomic E-state index is -2.62. The number of benzene rings is 5. The summed E-state index contributed by atoms with van der Waals surface area (Å²) in [5.41, 5.74) is 1.30. The monoisotopic (exact) mass is 632 g/mol. The van der Waals surface area contributed by atoms with Gasteiger partial charge in [-0.2, -0.15) is 0 Å². The highest BCUT2D eigenvalue weighted by molar-refractivity contribution is 7.04. The van der Waals surface area contributed by atoms with Crippen LogP contribution in [-0.4, -0.2) is 13.9 Å². The number of carbonyl (C=O) groups is 1. The molecule has 3 saturated carbocycles. The van der Waals surface area contributed by atoms with E-state index in [2.05, 4.69) is 118 Å². The summed E-state index contributed by atoms with van der Waals surface area (Å²) in [6.45, 7) is 7.25.